The van der Waals surface area contributed by atoms with Crippen molar-refractivity contribution in [3.8, 4) is 0 Å². The molecule has 0 radical (unpaired) electrons. The normalized spacial score (nSPS) is 22.3. The molecule has 6 nitrogen and oxygen atoms in total. The molecule has 0 spiro atoms. The quantitative estimate of drug-likeness (QED) is 0.804. The zero-order valence-electron chi connectivity index (χ0n) is 14.4. The van der Waals surface area contributed by atoms with Crippen molar-refractivity contribution in [1.29, 1.82) is 0 Å². The number of carbonyl (C=O) groups is 1. The van der Waals surface area contributed by atoms with Crippen LogP contribution in [0.5, 0.6) is 0 Å². The standard InChI is InChI=1S/C18H29N5O/c24-18(21-15-16-4-3-7-19-14-16)6-9-22-10-12-23(13-11-22)17-5-1-2-8-20-17/h1-2,5,8,16,19H,3-4,6-7,9-15H2,(H,21,24). The number of nitrogens with one attached hydrogen (secondary N) is 2. The number of carbonyl (C=O) groups excluding carboxylic acids is 1. The predicted octanol–water partition coefficient (Wildman–Crippen LogP) is 0.710. The molecule has 0 bridgehead atoms. The summed E-state index contributed by atoms with van der Waals surface area (Å²) in [5.41, 5.74) is 0. The first-order chi connectivity index (χ1) is 11.8. The number of piperazine rings is 1. The monoisotopic (exact) mass is 331 g/mol. The molecule has 1 aromatic heterocycles. The Morgan fingerprint density at radius 2 is 2.17 bits per heavy atom. The minimum atomic E-state index is 0.188. The van der Waals surface area contributed by atoms with Crippen molar-refractivity contribution in [3.05, 3.63) is 24.4 Å². The second-order valence-corrected chi connectivity index (χ2v) is 6.78. The number of piperidine rings is 1. The molecule has 2 N–H and O–H groups in total. The summed E-state index contributed by atoms with van der Waals surface area (Å²) >= 11 is 0. The van der Waals surface area contributed by atoms with Crippen LogP contribution in [0.3, 0.4) is 0 Å². The Hall–Kier alpha value is -1.66. The second kappa shape index (κ2) is 8.99. The van der Waals surface area contributed by atoms with E-state index in [0.717, 1.165) is 58.2 Å². The number of anilines is 1. The van der Waals surface area contributed by atoms with Gasteiger partial charge in [0.05, 0.1) is 0 Å². The molecule has 2 fully saturated rings. The lowest BCUT2D eigenvalue weighted by Crippen LogP contribution is -2.47. The van der Waals surface area contributed by atoms with Crippen LogP contribution in [-0.4, -0.2) is 68.1 Å². The number of hydrogen-bond acceptors (Lipinski definition) is 5. The van der Waals surface area contributed by atoms with Crippen LogP contribution in [0.15, 0.2) is 24.4 Å². The third kappa shape index (κ3) is 5.18. The molecule has 1 unspecified atom stereocenters. The first kappa shape index (κ1) is 17.2. The third-order valence-corrected chi connectivity index (χ3v) is 4.99. The molecule has 0 aromatic carbocycles. The highest BCUT2D eigenvalue weighted by molar-refractivity contribution is 5.76. The van der Waals surface area contributed by atoms with Gasteiger partial charge in [-0.05, 0) is 44.0 Å². The predicted molar refractivity (Wildman–Crippen MR) is 96.1 cm³/mol. The van der Waals surface area contributed by atoms with E-state index in [1.54, 1.807) is 0 Å². The first-order valence-corrected chi connectivity index (χ1v) is 9.17. The molecular formula is C18H29N5O. The van der Waals surface area contributed by atoms with Crippen molar-refractivity contribution in [2.75, 3.05) is 57.3 Å². The van der Waals surface area contributed by atoms with Gasteiger partial charge in [-0.15, -0.1) is 0 Å². The van der Waals surface area contributed by atoms with Gasteiger partial charge in [0, 0.05) is 51.9 Å². The van der Waals surface area contributed by atoms with E-state index < -0.39 is 0 Å². The van der Waals surface area contributed by atoms with E-state index in [1.807, 2.05) is 18.3 Å². The second-order valence-electron chi connectivity index (χ2n) is 6.78. The summed E-state index contributed by atoms with van der Waals surface area (Å²) in [6.07, 6.45) is 4.89. The van der Waals surface area contributed by atoms with Crippen LogP contribution in [0.25, 0.3) is 0 Å². The summed E-state index contributed by atoms with van der Waals surface area (Å²) in [6, 6.07) is 6.03. The Labute approximate surface area is 144 Å². The number of pyridine rings is 1. The Balaban J connectivity index is 1.31. The first-order valence-electron chi connectivity index (χ1n) is 9.17. The fourth-order valence-corrected chi connectivity index (χ4v) is 3.45. The Bertz CT molecular complexity index is 495. The van der Waals surface area contributed by atoms with Crippen molar-refractivity contribution in [2.45, 2.75) is 19.3 Å². The number of aromatic nitrogens is 1. The van der Waals surface area contributed by atoms with Crippen LogP contribution in [-0.2, 0) is 4.79 Å². The number of rotatable bonds is 6. The van der Waals surface area contributed by atoms with Crippen molar-refractivity contribution in [3.63, 3.8) is 0 Å². The molecule has 1 atom stereocenters. The average Bonchev–Trinajstić information content (AvgIpc) is 2.67. The number of hydrogen-bond donors (Lipinski definition) is 2. The molecule has 0 aliphatic carbocycles. The highest BCUT2D eigenvalue weighted by Crippen LogP contribution is 2.12. The van der Waals surface area contributed by atoms with Crippen LogP contribution in [0, 0.1) is 5.92 Å². The Kier molecular flexibility index (Phi) is 6.43. The van der Waals surface area contributed by atoms with Crippen molar-refractivity contribution in [1.82, 2.24) is 20.5 Å². The van der Waals surface area contributed by atoms with E-state index >= 15 is 0 Å². The molecule has 0 saturated carbocycles. The lowest BCUT2D eigenvalue weighted by Gasteiger charge is -2.35. The van der Waals surface area contributed by atoms with Crippen molar-refractivity contribution < 1.29 is 4.79 Å². The summed E-state index contributed by atoms with van der Waals surface area (Å²) in [5, 5.41) is 6.49. The smallest absolute Gasteiger partial charge is 0.221 e. The third-order valence-electron chi connectivity index (χ3n) is 4.99. The highest BCUT2D eigenvalue weighted by Gasteiger charge is 2.19. The van der Waals surface area contributed by atoms with Crippen LogP contribution in [0.4, 0.5) is 5.82 Å². The molecule has 132 valence electrons. The Morgan fingerprint density at radius 1 is 1.29 bits per heavy atom. The lowest BCUT2D eigenvalue weighted by molar-refractivity contribution is -0.121. The molecule has 2 aliphatic rings. The SMILES string of the molecule is O=C(CCN1CCN(c2ccccn2)CC1)NCC1CCCNC1. The number of nitrogens with zero attached hydrogens (tertiary/aromatic N) is 3. The summed E-state index contributed by atoms with van der Waals surface area (Å²) < 4.78 is 0. The van der Waals surface area contributed by atoms with E-state index in [1.165, 1.54) is 12.8 Å². The number of amides is 1. The zero-order valence-corrected chi connectivity index (χ0v) is 14.4. The van der Waals surface area contributed by atoms with Gasteiger partial charge < -0.3 is 15.5 Å². The van der Waals surface area contributed by atoms with E-state index in [4.69, 9.17) is 0 Å². The summed E-state index contributed by atoms with van der Waals surface area (Å²) in [7, 11) is 0. The molecule has 24 heavy (non-hydrogen) atoms. The molecule has 3 heterocycles. The average molecular weight is 331 g/mol. The maximum absolute atomic E-state index is 12.0. The fraction of sp³-hybridized carbons (Fsp3) is 0.667. The fourth-order valence-electron chi connectivity index (χ4n) is 3.45. The van der Waals surface area contributed by atoms with Crippen LogP contribution in [0.1, 0.15) is 19.3 Å². The summed E-state index contributed by atoms with van der Waals surface area (Å²) in [5.74, 6) is 1.84. The van der Waals surface area contributed by atoms with E-state index in [9.17, 15) is 4.79 Å². The van der Waals surface area contributed by atoms with Crippen molar-refractivity contribution in [2.24, 2.45) is 5.92 Å². The summed E-state index contributed by atoms with van der Waals surface area (Å²) in [4.78, 5) is 21.1. The molecule has 1 aromatic rings. The van der Waals surface area contributed by atoms with Gasteiger partial charge in [0.15, 0.2) is 0 Å². The molecular weight excluding hydrogens is 302 g/mol. The topological polar surface area (TPSA) is 60.5 Å². The van der Waals surface area contributed by atoms with Gasteiger partial charge in [-0.2, -0.15) is 0 Å². The lowest BCUT2D eigenvalue weighted by atomic mass is 10.00. The van der Waals surface area contributed by atoms with E-state index in [-0.39, 0.29) is 5.91 Å². The van der Waals surface area contributed by atoms with Gasteiger partial charge in [-0.3, -0.25) is 9.69 Å². The highest BCUT2D eigenvalue weighted by atomic mass is 16.1. The Morgan fingerprint density at radius 3 is 2.88 bits per heavy atom. The molecule has 1 amide bonds. The van der Waals surface area contributed by atoms with Crippen LogP contribution >= 0.6 is 0 Å². The van der Waals surface area contributed by atoms with Crippen LogP contribution < -0.4 is 15.5 Å². The minimum absolute atomic E-state index is 0.188. The van der Waals surface area contributed by atoms with Gasteiger partial charge in [0.1, 0.15) is 5.82 Å². The van der Waals surface area contributed by atoms with Crippen LogP contribution in [0.2, 0.25) is 0 Å². The minimum Gasteiger partial charge on any atom is -0.356 e. The van der Waals surface area contributed by atoms with Gasteiger partial charge in [0.25, 0.3) is 0 Å². The summed E-state index contributed by atoms with van der Waals surface area (Å²) in [6.45, 7) is 7.78. The molecule has 2 aliphatic heterocycles. The molecule has 6 heteroatoms. The zero-order chi connectivity index (χ0) is 16.6. The van der Waals surface area contributed by atoms with Gasteiger partial charge in [-0.25, -0.2) is 4.98 Å². The maximum atomic E-state index is 12.0. The largest absolute Gasteiger partial charge is 0.356 e. The molecule has 2 saturated heterocycles. The van der Waals surface area contributed by atoms with Gasteiger partial charge in [-0.1, -0.05) is 6.07 Å². The van der Waals surface area contributed by atoms with Crippen molar-refractivity contribution >= 4 is 11.7 Å². The molecule has 3 rings (SSSR count). The van der Waals surface area contributed by atoms with Gasteiger partial charge in [0.2, 0.25) is 5.91 Å². The van der Waals surface area contributed by atoms with E-state index in [2.05, 4.69) is 31.5 Å². The van der Waals surface area contributed by atoms with Gasteiger partial charge >= 0.3 is 0 Å². The maximum Gasteiger partial charge on any atom is 0.221 e. The van der Waals surface area contributed by atoms with E-state index in [0.29, 0.717) is 12.3 Å².